The van der Waals surface area contributed by atoms with Gasteiger partial charge in [-0.05, 0) is 31.4 Å². The van der Waals surface area contributed by atoms with Crippen LogP contribution in [-0.2, 0) is 0 Å². The van der Waals surface area contributed by atoms with Crippen LogP contribution in [0.2, 0.25) is 0 Å². The van der Waals surface area contributed by atoms with Crippen LogP contribution < -0.4 is 10.6 Å². The molecule has 16 heavy (non-hydrogen) atoms. The van der Waals surface area contributed by atoms with Crippen molar-refractivity contribution >= 4 is 11.7 Å². The van der Waals surface area contributed by atoms with E-state index in [0.29, 0.717) is 5.84 Å². The Bertz CT molecular complexity index is 380. The van der Waals surface area contributed by atoms with E-state index in [1.54, 1.807) is 0 Å². The standard InChI is InChI=1S/C12H18N4/c1-9-3-2-6-15-12(9)16-7-4-10(5-8-16)11(13)14/h2-3,6,10H,4-5,7-8H2,1H3,(H3,13,14). The number of hydrogen-bond acceptors (Lipinski definition) is 3. The van der Waals surface area contributed by atoms with E-state index in [1.807, 2.05) is 12.3 Å². The number of piperidine rings is 1. The van der Waals surface area contributed by atoms with Crippen molar-refractivity contribution in [2.45, 2.75) is 19.8 Å². The van der Waals surface area contributed by atoms with Crippen molar-refractivity contribution in [1.29, 1.82) is 5.41 Å². The molecule has 1 saturated heterocycles. The van der Waals surface area contributed by atoms with Crippen molar-refractivity contribution in [1.82, 2.24) is 4.98 Å². The molecule has 0 bridgehead atoms. The molecule has 3 N–H and O–H groups in total. The predicted octanol–water partition coefficient (Wildman–Crippen LogP) is 1.54. The van der Waals surface area contributed by atoms with E-state index in [4.69, 9.17) is 11.1 Å². The molecule has 1 aromatic heterocycles. The quantitative estimate of drug-likeness (QED) is 0.584. The number of pyridine rings is 1. The largest absolute Gasteiger partial charge is 0.387 e. The Hall–Kier alpha value is -1.58. The van der Waals surface area contributed by atoms with Crippen LogP contribution in [0.5, 0.6) is 0 Å². The first-order valence-electron chi connectivity index (χ1n) is 5.69. The number of anilines is 1. The van der Waals surface area contributed by atoms with E-state index in [9.17, 15) is 0 Å². The Balaban J connectivity index is 2.05. The highest BCUT2D eigenvalue weighted by atomic mass is 15.2. The second-order valence-electron chi connectivity index (χ2n) is 4.36. The lowest BCUT2D eigenvalue weighted by Gasteiger charge is -2.32. The van der Waals surface area contributed by atoms with Crippen LogP contribution in [0.4, 0.5) is 5.82 Å². The fraction of sp³-hybridized carbons (Fsp3) is 0.500. The molecule has 0 saturated carbocycles. The van der Waals surface area contributed by atoms with Crippen LogP contribution in [0, 0.1) is 18.3 Å². The summed E-state index contributed by atoms with van der Waals surface area (Å²) in [5.74, 6) is 1.67. The number of rotatable bonds is 2. The van der Waals surface area contributed by atoms with Gasteiger partial charge in [0.2, 0.25) is 0 Å². The number of hydrogen-bond donors (Lipinski definition) is 2. The molecule has 1 aliphatic rings. The fourth-order valence-corrected chi connectivity index (χ4v) is 2.21. The maximum atomic E-state index is 7.45. The van der Waals surface area contributed by atoms with Crippen LogP contribution in [0.25, 0.3) is 0 Å². The van der Waals surface area contributed by atoms with Gasteiger partial charge in [0.15, 0.2) is 0 Å². The van der Waals surface area contributed by atoms with Gasteiger partial charge in [-0.25, -0.2) is 4.98 Å². The zero-order valence-electron chi connectivity index (χ0n) is 9.61. The number of nitrogens with zero attached hydrogens (tertiary/aromatic N) is 2. The minimum atomic E-state index is 0.264. The predicted molar refractivity (Wildman–Crippen MR) is 65.8 cm³/mol. The molecule has 86 valence electrons. The fourth-order valence-electron chi connectivity index (χ4n) is 2.21. The highest BCUT2D eigenvalue weighted by Crippen LogP contribution is 2.23. The summed E-state index contributed by atoms with van der Waals surface area (Å²) in [6, 6.07) is 4.04. The molecular formula is C12H18N4. The molecule has 0 atom stereocenters. The lowest BCUT2D eigenvalue weighted by atomic mass is 9.95. The monoisotopic (exact) mass is 218 g/mol. The third-order valence-corrected chi connectivity index (χ3v) is 3.22. The van der Waals surface area contributed by atoms with Gasteiger partial charge < -0.3 is 10.6 Å². The summed E-state index contributed by atoms with van der Waals surface area (Å²) >= 11 is 0. The van der Waals surface area contributed by atoms with Gasteiger partial charge in [0.25, 0.3) is 0 Å². The molecule has 1 aliphatic heterocycles. The molecule has 0 unspecified atom stereocenters. The molecule has 0 spiro atoms. The molecule has 0 aromatic carbocycles. The Labute approximate surface area is 96.0 Å². The summed E-state index contributed by atoms with van der Waals surface area (Å²) in [7, 11) is 0. The van der Waals surface area contributed by atoms with E-state index >= 15 is 0 Å². The zero-order chi connectivity index (χ0) is 11.5. The smallest absolute Gasteiger partial charge is 0.131 e. The van der Waals surface area contributed by atoms with Gasteiger partial charge in [-0.15, -0.1) is 0 Å². The van der Waals surface area contributed by atoms with Crippen LogP contribution >= 0.6 is 0 Å². The summed E-state index contributed by atoms with van der Waals surface area (Å²) in [5, 5.41) is 7.45. The lowest BCUT2D eigenvalue weighted by molar-refractivity contribution is 0.494. The van der Waals surface area contributed by atoms with E-state index in [0.717, 1.165) is 31.7 Å². The summed E-state index contributed by atoms with van der Waals surface area (Å²) in [4.78, 5) is 6.70. The molecular weight excluding hydrogens is 200 g/mol. The first-order chi connectivity index (χ1) is 7.68. The Kier molecular flexibility index (Phi) is 3.08. The Morgan fingerprint density at radius 2 is 2.19 bits per heavy atom. The molecule has 0 aliphatic carbocycles. The van der Waals surface area contributed by atoms with Crippen molar-refractivity contribution in [2.75, 3.05) is 18.0 Å². The second kappa shape index (κ2) is 4.51. The average molecular weight is 218 g/mol. The number of nitrogens with two attached hydrogens (primary N) is 1. The van der Waals surface area contributed by atoms with Crippen LogP contribution in [0.1, 0.15) is 18.4 Å². The molecule has 4 nitrogen and oxygen atoms in total. The maximum absolute atomic E-state index is 7.45. The zero-order valence-corrected chi connectivity index (χ0v) is 9.61. The van der Waals surface area contributed by atoms with E-state index in [2.05, 4.69) is 22.9 Å². The van der Waals surface area contributed by atoms with E-state index in [-0.39, 0.29) is 5.92 Å². The van der Waals surface area contributed by atoms with Crippen molar-refractivity contribution in [3.8, 4) is 0 Å². The van der Waals surface area contributed by atoms with Crippen LogP contribution in [0.15, 0.2) is 18.3 Å². The molecule has 2 heterocycles. The SMILES string of the molecule is Cc1cccnc1N1CCC(C(=N)N)CC1. The molecule has 4 heteroatoms. The average Bonchev–Trinajstić information content (AvgIpc) is 2.30. The summed E-state index contributed by atoms with van der Waals surface area (Å²) in [6.45, 7) is 3.98. The van der Waals surface area contributed by atoms with Gasteiger partial charge in [0.1, 0.15) is 5.82 Å². The molecule has 0 radical (unpaired) electrons. The van der Waals surface area contributed by atoms with E-state index < -0.39 is 0 Å². The third kappa shape index (κ3) is 2.15. The maximum Gasteiger partial charge on any atom is 0.131 e. The number of aromatic nitrogens is 1. The number of aryl methyl sites for hydroxylation is 1. The van der Waals surface area contributed by atoms with Gasteiger partial charge in [-0.1, -0.05) is 6.07 Å². The van der Waals surface area contributed by atoms with Crippen LogP contribution in [0.3, 0.4) is 0 Å². The highest BCUT2D eigenvalue weighted by molar-refractivity contribution is 5.79. The van der Waals surface area contributed by atoms with Gasteiger partial charge in [-0.2, -0.15) is 0 Å². The summed E-state index contributed by atoms with van der Waals surface area (Å²) < 4.78 is 0. The first kappa shape index (κ1) is 10.9. The van der Waals surface area contributed by atoms with Gasteiger partial charge >= 0.3 is 0 Å². The molecule has 2 rings (SSSR count). The van der Waals surface area contributed by atoms with Gasteiger partial charge in [-0.3, -0.25) is 5.41 Å². The highest BCUT2D eigenvalue weighted by Gasteiger charge is 2.22. The third-order valence-electron chi connectivity index (χ3n) is 3.22. The minimum absolute atomic E-state index is 0.264. The molecule has 1 aromatic rings. The van der Waals surface area contributed by atoms with Crippen molar-refractivity contribution in [3.63, 3.8) is 0 Å². The van der Waals surface area contributed by atoms with Crippen molar-refractivity contribution in [2.24, 2.45) is 11.7 Å². The minimum Gasteiger partial charge on any atom is -0.387 e. The summed E-state index contributed by atoms with van der Waals surface area (Å²) in [6.07, 6.45) is 3.76. The van der Waals surface area contributed by atoms with Gasteiger partial charge in [0, 0.05) is 25.2 Å². The number of amidine groups is 1. The Morgan fingerprint density at radius 3 is 2.75 bits per heavy atom. The second-order valence-corrected chi connectivity index (χ2v) is 4.36. The lowest BCUT2D eigenvalue weighted by Crippen LogP contribution is -2.39. The van der Waals surface area contributed by atoms with Crippen LogP contribution in [-0.4, -0.2) is 23.9 Å². The van der Waals surface area contributed by atoms with Gasteiger partial charge in [0.05, 0.1) is 5.84 Å². The normalized spacial score (nSPS) is 17.4. The van der Waals surface area contributed by atoms with E-state index in [1.165, 1.54) is 5.56 Å². The topological polar surface area (TPSA) is 66.0 Å². The van der Waals surface area contributed by atoms with Crippen molar-refractivity contribution < 1.29 is 0 Å². The summed E-state index contributed by atoms with van der Waals surface area (Å²) in [5.41, 5.74) is 6.74. The first-order valence-corrected chi connectivity index (χ1v) is 5.69. The Morgan fingerprint density at radius 1 is 1.50 bits per heavy atom. The number of nitrogens with one attached hydrogen (secondary N) is 1. The molecule has 1 fully saturated rings. The molecule has 0 amide bonds. The van der Waals surface area contributed by atoms with Crippen molar-refractivity contribution in [3.05, 3.63) is 23.9 Å².